The molecule has 94 valence electrons. The quantitative estimate of drug-likeness (QED) is 0.361. The predicted molar refractivity (Wildman–Crippen MR) is 56.6 cm³/mol. The Labute approximate surface area is 106 Å². The first-order valence-corrected chi connectivity index (χ1v) is 6.82. The normalized spacial score (nSPS) is 11.8. The highest BCUT2D eigenvalue weighted by molar-refractivity contribution is 9.10. The van der Waals surface area contributed by atoms with Crippen molar-refractivity contribution in [2.24, 2.45) is 0 Å². The van der Waals surface area contributed by atoms with E-state index in [1.807, 2.05) is 0 Å². The van der Waals surface area contributed by atoms with Gasteiger partial charge in [-0.3, -0.25) is 10.1 Å². The molecule has 1 aromatic heterocycles. The molecule has 0 saturated heterocycles. The van der Waals surface area contributed by atoms with E-state index in [-0.39, 0.29) is 0 Å². The standard InChI is InChI=1S/C6H2BrClF2N2O4S/c7-5-3(12(13)14)4(17(8,15)16)2(1-11-5)6(9)10/h1,6H. The molecular weight excluding hydrogens is 349 g/mol. The van der Waals surface area contributed by atoms with Gasteiger partial charge in [-0.1, -0.05) is 0 Å². The molecule has 0 bridgehead atoms. The number of hydrogen-bond acceptors (Lipinski definition) is 5. The lowest BCUT2D eigenvalue weighted by atomic mass is 10.3. The molecule has 0 spiro atoms. The van der Waals surface area contributed by atoms with Gasteiger partial charge in [0, 0.05) is 16.9 Å². The molecule has 0 fully saturated rings. The number of hydrogen-bond donors (Lipinski definition) is 0. The Bertz CT molecular complexity index is 580. The molecule has 1 aromatic rings. The highest BCUT2D eigenvalue weighted by Crippen LogP contribution is 2.38. The minimum absolute atomic E-state index is 0.494. The second kappa shape index (κ2) is 4.78. The average molecular weight is 352 g/mol. The minimum Gasteiger partial charge on any atom is -0.258 e. The average Bonchev–Trinajstić information content (AvgIpc) is 2.14. The maximum absolute atomic E-state index is 12.5. The van der Waals surface area contributed by atoms with E-state index in [2.05, 4.69) is 20.9 Å². The molecule has 0 unspecified atom stereocenters. The molecule has 1 rings (SSSR count). The molecule has 0 saturated carbocycles. The number of rotatable bonds is 3. The lowest BCUT2D eigenvalue weighted by Crippen LogP contribution is -2.06. The maximum Gasteiger partial charge on any atom is 0.322 e. The molecule has 0 aliphatic carbocycles. The van der Waals surface area contributed by atoms with Crippen LogP contribution in [-0.4, -0.2) is 18.3 Å². The van der Waals surface area contributed by atoms with Gasteiger partial charge >= 0.3 is 5.69 Å². The Morgan fingerprint density at radius 1 is 1.53 bits per heavy atom. The first kappa shape index (κ1) is 14.2. The number of pyridine rings is 1. The molecule has 0 N–H and O–H groups in total. The van der Waals surface area contributed by atoms with E-state index in [1.54, 1.807) is 0 Å². The summed E-state index contributed by atoms with van der Waals surface area (Å²) in [4.78, 5) is 11.5. The van der Waals surface area contributed by atoms with Crippen LogP contribution in [0.5, 0.6) is 0 Å². The fourth-order valence-corrected chi connectivity index (χ4v) is 2.93. The minimum atomic E-state index is -4.70. The van der Waals surface area contributed by atoms with E-state index in [0.717, 1.165) is 0 Å². The Kier molecular flexibility index (Phi) is 3.99. The maximum atomic E-state index is 12.5. The molecule has 0 atom stereocenters. The first-order valence-electron chi connectivity index (χ1n) is 3.72. The third-order valence-corrected chi connectivity index (χ3v) is 3.61. The molecule has 0 aromatic carbocycles. The van der Waals surface area contributed by atoms with Gasteiger partial charge in [0.2, 0.25) is 0 Å². The summed E-state index contributed by atoms with van der Waals surface area (Å²) in [7, 11) is 0.219. The van der Waals surface area contributed by atoms with E-state index < -0.39 is 41.1 Å². The number of halogens is 4. The smallest absolute Gasteiger partial charge is 0.258 e. The van der Waals surface area contributed by atoms with Gasteiger partial charge in [-0.05, 0) is 15.9 Å². The van der Waals surface area contributed by atoms with E-state index in [0.29, 0.717) is 6.20 Å². The SMILES string of the molecule is O=[N+]([O-])c1c(Br)ncc(C(F)F)c1S(=O)(=O)Cl. The van der Waals surface area contributed by atoms with Crippen LogP contribution in [0.3, 0.4) is 0 Å². The lowest BCUT2D eigenvalue weighted by molar-refractivity contribution is -0.389. The summed E-state index contributed by atoms with van der Waals surface area (Å²) in [5, 5.41) is 10.6. The first-order chi connectivity index (χ1) is 7.66. The lowest BCUT2D eigenvalue weighted by Gasteiger charge is -2.06. The second-order valence-electron chi connectivity index (χ2n) is 2.68. The molecule has 0 aliphatic heterocycles. The summed E-state index contributed by atoms with van der Waals surface area (Å²) in [6.45, 7) is 0. The molecule has 17 heavy (non-hydrogen) atoms. The number of nitrogens with zero attached hydrogens (tertiary/aromatic N) is 2. The Hall–Kier alpha value is -0.870. The van der Waals surface area contributed by atoms with Crippen LogP contribution < -0.4 is 0 Å². The monoisotopic (exact) mass is 350 g/mol. The Balaban J connectivity index is 3.82. The summed E-state index contributed by atoms with van der Waals surface area (Å²) >= 11 is 2.60. The molecule has 0 amide bonds. The van der Waals surface area contributed by atoms with Crippen LogP contribution in [0.2, 0.25) is 0 Å². The highest BCUT2D eigenvalue weighted by Gasteiger charge is 2.34. The number of alkyl halides is 2. The van der Waals surface area contributed by atoms with Crippen LogP contribution >= 0.6 is 26.6 Å². The molecule has 11 heteroatoms. The van der Waals surface area contributed by atoms with Crippen molar-refractivity contribution in [3.63, 3.8) is 0 Å². The van der Waals surface area contributed by atoms with Gasteiger partial charge in [0.15, 0.2) is 9.50 Å². The Morgan fingerprint density at radius 2 is 2.06 bits per heavy atom. The highest BCUT2D eigenvalue weighted by atomic mass is 79.9. The van der Waals surface area contributed by atoms with Gasteiger partial charge in [0.25, 0.3) is 15.5 Å². The predicted octanol–water partition coefficient (Wildman–Crippen LogP) is 2.62. The van der Waals surface area contributed by atoms with Gasteiger partial charge < -0.3 is 0 Å². The third kappa shape index (κ3) is 2.87. The van der Waals surface area contributed by atoms with Crippen molar-refractivity contribution < 1.29 is 22.1 Å². The zero-order chi connectivity index (χ0) is 13.4. The van der Waals surface area contributed by atoms with Gasteiger partial charge in [-0.25, -0.2) is 22.2 Å². The van der Waals surface area contributed by atoms with E-state index in [1.165, 1.54) is 0 Å². The fourth-order valence-electron chi connectivity index (χ4n) is 1.05. The van der Waals surface area contributed by atoms with Crippen LogP contribution in [-0.2, 0) is 9.05 Å². The molecule has 6 nitrogen and oxygen atoms in total. The molecule has 0 radical (unpaired) electrons. The molecule has 0 aliphatic rings. The van der Waals surface area contributed by atoms with Crippen molar-refractivity contribution in [1.82, 2.24) is 4.98 Å². The largest absolute Gasteiger partial charge is 0.322 e. The van der Waals surface area contributed by atoms with Crippen molar-refractivity contribution in [3.05, 3.63) is 26.5 Å². The van der Waals surface area contributed by atoms with Crippen molar-refractivity contribution in [2.45, 2.75) is 11.3 Å². The summed E-state index contributed by atoms with van der Waals surface area (Å²) in [6, 6.07) is 0. The fraction of sp³-hybridized carbons (Fsp3) is 0.167. The topological polar surface area (TPSA) is 90.2 Å². The summed E-state index contributed by atoms with van der Waals surface area (Å²) < 4.78 is 46.8. The molecular formula is C6H2BrClF2N2O4S. The van der Waals surface area contributed by atoms with Gasteiger partial charge in [-0.15, -0.1) is 0 Å². The third-order valence-electron chi connectivity index (χ3n) is 1.65. The van der Waals surface area contributed by atoms with E-state index >= 15 is 0 Å². The van der Waals surface area contributed by atoms with Crippen LogP contribution in [0.4, 0.5) is 14.5 Å². The van der Waals surface area contributed by atoms with Crippen molar-refractivity contribution in [2.75, 3.05) is 0 Å². The van der Waals surface area contributed by atoms with Crippen molar-refractivity contribution in [1.29, 1.82) is 0 Å². The Morgan fingerprint density at radius 3 is 2.41 bits per heavy atom. The summed E-state index contributed by atoms with van der Waals surface area (Å²) in [5.74, 6) is 0. The van der Waals surface area contributed by atoms with Gasteiger partial charge in [0.05, 0.1) is 10.5 Å². The van der Waals surface area contributed by atoms with E-state index in [4.69, 9.17) is 10.7 Å². The van der Waals surface area contributed by atoms with Crippen LogP contribution in [0, 0.1) is 10.1 Å². The molecule has 1 heterocycles. The van der Waals surface area contributed by atoms with Crippen LogP contribution in [0.25, 0.3) is 0 Å². The number of aromatic nitrogens is 1. The van der Waals surface area contributed by atoms with Crippen LogP contribution in [0.15, 0.2) is 15.7 Å². The second-order valence-corrected chi connectivity index (χ2v) is 5.93. The summed E-state index contributed by atoms with van der Waals surface area (Å²) in [5.41, 5.74) is -2.23. The zero-order valence-electron chi connectivity index (χ0n) is 7.60. The van der Waals surface area contributed by atoms with E-state index in [9.17, 15) is 27.3 Å². The van der Waals surface area contributed by atoms with Crippen LogP contribution in [0.1, 0.15) is 12.0 Å². The number of nitro groups is 1. The van der Waals surface area contributed by atoms with Crippen molar-refractivity contribution >= 4 is 41.4 Å². The van der Waals surface area contributed by atoms with Gasteiger partial charge in [0.1, 0.15) is 0 Å². The van der Waals surface area contributed by atoms with Gasteiger partial charge in [-0.2, -0.15) is 0 Å². The summed E-state index contributed by atoms with van der Waals surface area (Å²) in [6.07, 6.45) is -2.74. The van der Waals surface area contributed by atoms with Crippen molar-refractivity contribution in [3.8, 4) is 0 Å². The zero-order valence-corrected chi connectivity index (χ0v) is 10.8.